The van der Waals surface area contributed by atoms with Gasteiger partial charge in [0.25, 0.3) is 0 Å². The quantitative estimate of drug-likeness (QED) is 0.736. The number of carbonyl (C=O) groups is 2. The van der Waals surface area contributed by atoms with E-state index in [9.17, 15) is 14.7 Å². The summed E-state index contributed by atoms with van der Waals surface area (Å²) in [6.07, 6.45) is 4.60. The molecule has 1 aliphatic rings. The Morgan fingerprint density at radius 2 is 2.05 bits per heavy atom. The highest BCUT2D eigenvalue weighted by Crippen LogP contribution is 2.35. The number of amides is 1. The summed E-state index contributed by atoms with van der Waals surface area (Å²) in [6.45, 7) is 4.87. The molecule has 0 aliphatic carbocycles. The zero-order valence-corrected chi connectivity index (χ0v) is 12.0. The second kappa shape index (κ2) is 6.89. The second-order valence-corrected chi connectivity index (χ2v) is 5.59. The molecule has 0 aromatic carbocycles. The summed E-state index contributed by atoms with van der Waals surface area (Å²) in [5.41, 5.74) is 5.13. The summed E-state index contributed by atoms with van der Waals surface area (Å²) in [4.78, 5) is 25.3. The Labute approximate surface area is 115 Å². The Morgan fingerprint density at radius 3 is 2.58 bits per heavy atom. The van der Waals surface area contributed by atoms with E-state index in [0.717, 1.165) is 19.3 Å². The van der Waals surface area contributed by atoms with Crippen molar-refractivity contribution in [2.24, 2.45) is 11.1 Å². The maximum Gasteiger partial charge on any atom is 0.311 e. The van der Waals surface area contributed by atoms with Crippen LogP contribution in [0.15, 0.2) is 0 Å². The highest BCUT2D eigenvalue weighted by molar-refractivity contribution is 5.84. The van der Waals surface area contributed by atoms with Crippen molar-refractivity contribution in [1.29, 1.82) is 0 Å². The van der Waals surface area contributed by atoms with Crippen LogP contribution < -0.4 is 5.73 Å². The normalized spacial score (nSPS) is 24.5. The first-order valence-corrected chi connectivity index (χ1v) is 7.24. The average molecular weight is 270 g/mol. The maximum atomic E-state index is 12.2. The minimum atomic E-state index is -0.785. The monoisotopic (exact) mass is 270 g/mol. The SMILES string of the molecule is CCCCC(N)C(=O)N1CCC(CCC)(C(=O)O)C1. The summed E-state index contributed by atoms with van der Waals surface area (Å²) in [5, 5.41) is 9.41. The van der Waals surface area contributed by atoms with Crippen molar-refractivity contribution in [3.63, 3.8) is 0 Å². The third kappa shape index (κ3) is 3.69. The molecule has 3 N–H and O–H groups in total. The molecule has 5 heteroatoms. The predicted molar refractivity (Wildman–Crippen MR) is 73.7 cm³/mol. The van der Waals surface area contributed by atoms with Crippen LogP contribution in [0.4, 0.5) is 0 Å². The Balaban J connectivity index is 2.63. The van der Waals surface area contributed by atoms with Gasteiger partial charge in [-0.2, -0.15) is 0 Å². The lowest BCUT2D eigenvalue weighted by molar-refractivity contribution is -0.149. The van der Waals surface area contributed by atoms with Crippen molar-refractivity contribution < 1.29 is 14.7 Å². The van der Waals surface area contributed by atoms with Crippen LogP contribution in [0.2, 0.25) is 0 Å². The van der Waals surface area contributed by atoms with Gasteiger partial charge in [0.1, 0.15) is 0 Å². The van der Waals surface area contributed by atoms with Gasteiger partial charge >= 0.3 is 5.97 Å². The lowest BCUT2D eigenvalue weighted by atomic mass is 9.83. The summed E-state index contributed by atoms with van der Waals surface area (Å²) in [5.74, 6) is -0.876. The minimum Gasteiger partial charge on any atom is -0.481 e. The van der Waals surface area contributed by atoms with E-state index in [2.05, 4.69) is 6.92 Å². The molecule has 0 saturated carbocycles. The first-order chi connectivity index (χ1) is 8.96. The molecule has 0 radical (unpaired) electrons. The van der Waals surface area contributed by atoms with E-state index in [-0.39, 0.29) is 5.91 Å². The number of hydrogen-bond acceptors (Lipinski definition) is 3. The number of rotatable bonds is 7. The molecule has 19 heavy (non-hydrogen) atoms. The van der Waals surface area contributed by atoms with Crippen LogP contribution in [0.1, 0.15) is 52.4 Å². The van der Waals surface area contributed by atoms with Gasteiger partial charge in [-0.3, -0.25) is 9.59 Å². The first kappa shape index (κ1) is 16.0. The van der Waals surface area contributed by atoms with E-state index in [1.54, 1.807) is 4.90 Å². The van der Waals surface area contributed by atoms with Gasteiger partial charge in [0.2, 0.25) is 5.91 Å². The standard InChI is InChI=1S/C14H26N2O3/c1-3-5-6-11(15)12(17)16-9-8-14(10-16,7-4-2)13(18)19/h11H,3-10,15H2,1-2H3,(H,18,19). The Hall–Kier alpha value is -1.10. The molecule has 1 amide bonds. The van der Waals surface area contributed by atoms with Gasteiger partial charge in [0.15, 0.2) is 0 Å². The fourth-order valence-corrected chi connectivity index (χ4v) is 2.81. The fraction of sp³-hybridized carbons (Fsp3) is 0.857. The molecule has 2 unspecified atom stereocenters. The van der Waals surface area contributed by atoms with Crippen molar-refractivity contribution in [3.8, 4) is 0 Å². The van der Waals surface area contributed by atoms with Crippen molar-refractivity contribution in [3.05, 3.63) is 0 Å². The van der Waals surface area contributed by atoms with Crippen molar-refractivity contribution in [1.82, 2.24) is 4.90 Å². The molecule has 5 nitrogen and oxygen atoms in total. The highest BCUT2D eigenvalue weighted by Gasteiger charge is 2.45. The summed E-state index contributed by atoms with van der Waals surface area (Å²) in [7, 11) is 0. The van der Waals surface area contributed by atoms with E-state index >= 15 is 0 Å². The minimum absolute atomic E-state index is 0.0901. The lowest BCUT2D eigenvalue weighted by Crippen LogP contribution is -2.44. The number of carbonyl (C=O) groups excluding carboxylic acids is 1. The topological polar surface area (TPSA) is 83.6 Å². The Kier molecular flexibility index (Phi) is 5.79. The Morgan fingerprint density at radius 1 is 1.37 bits per heavy atom. The molecule has 1 aliphatic heterocycles. The predicted octanol–water partition coefficient (Wildman–Crippen LogP) is 1.61. The third-order valence-electron chi connectivity index (χ3n) is 4.03. The number of aliphatic carboxylic acids is 1. The molecule has 2 atom stereocenters. The van der Waals surface area contributed by atoms with Crippen LogP contribution in [-0.4, -0.2) is 41.0 Å². The fourth-order valence-electron chi connectivity index (χ4n) is 2.81. The average Bonchev–Trinajstić information content (AvgIpc) is 2.81. The van der Waals surface area contributed by atoms with Gasteiger partial charge in [-0.15, -0.1) is 0 Å². The van der Waals surface area contributed by atoms with E-state index in [4.69, 9.17) is 5.73 Å². The van der Waals surface area contributed by atoms with Crippen LogP contribution >= 0.6 is 0 Å². The van der Waals surface area contributed by atoms with Gasteiger partial charge in [0.05, 0.1) is 11.5 Å². The Bertz CT molecular complexity index is 333. The molecule has 0 aromatic heterocycles. The molecule has 1 saturated heterocycles. The largest absolute Gasteiger partial charge is 0.481 e. The summed E-state index contributed by atoms with van der Waals surface area (Å²) >= 11 is 0. The maximum absolute atomic E-state index is 12.2. The zero-order valence-electron chi connectivity index (χ0n) is 12.0. The van der Waals surface area contributed by atoms with Crippen LogP contribution in [0, 0.1) is 5.41 Å². The van der Waals surface area contributed by atoms with Gasteiger partial charge in [-0.05, 0) is 19.3 Å². The first-order valence-electron chi connectivity index (χ1n) is 7.24. The van der Waals surface area contributed by atoms with Crippen LogP contribution in [0.25, 0.3) is 0 Å². The third-order valence-corrected chi connectivity index (χ3v) is 4.03. The molecule has 0 aromatic rings. The van der Waals surface area contributed by atoms with Gasteiger partial charge in [0, 0.05) is 13.1 Å². The number of nitrogens with two attached hydrogens (primary N) is 1. The van der Waals surface area contributed by atoms with Crippen LogP contribution in [0.5, 0.6) is 0 Å². The van der Waals surface area contributed by atoms with E-state index in [1.165, 1.54) is 0 Å². The van der Waals surface area contributed by atoms with Gasteiger partial charge in [-0.1, -0.05) is 33.1 Å². The van der Waals surface area contributed by atoms with E-state index in [0.29, 0.717) is 32.4 Å². The van der Waals surface area contributed by atoms with Gasteiger partial charge in [-0.25, -0.2) is 0 Å². The zero-order chi connectivity index (χ0) is 14.5. The van der Waals surface area contributed by atoms with Crippen molar-refractivity contribution >= 4 is 11.9 Å². The molecular formula is C14H26N2O3. The summed E-state index contributed by atoms with van der Waals surface area (Å²) in [6, 6.07) is -0.480. The smallest absolute Gasteiger partial charge is 0.311 e. The highest BCUT2D eigenvalue weighted by atomic mass is 16.4. The van der Waals surface area contributed by atoms with E-state index < -0.39 is 17.4 Å². The lowest BCUT2D eigenvalue weighted by Gasteiger charge is -2.25. The number of likely N-dealkylation sites (tertiary alicyclic amines) is 1. The number of hydrogen-bond donors (Lipinski definition) is 2. The molecular weight excluding hydrogens is 244 g/mol. The number of carboxylic acid groups (broad SMARTS) is 1. The number of unbranched alkanes of at least 4 members (excludes halogenated alkanes) is 1. The molecule has 0 bridgehead atoms. The van der Waals surface area contributed by atoms with Gasteiger partial charge < -0.3 is 15.7 Å². The van der Waals surface area contributed by atoms with E-state index in [1.807, 2.05) is 6.92 Å². The molecule has 1 heterocycles. The summed E-state index contributed by atoms with van der Waals surface area (Å²) < 4.78 is 0. The number of carboxylic acids is 1. The molecule has 110 valence electrons. The number of nitrogens with zero attached hydrogens (tertiary/aromatic N) is 1. The van der Waals surface area contributed by atoms with Crippen molar-refractivity contribution in [2.75, 3.05) is 13.1 Å². The molecule has 1 rings (SSSR count). The molecule has 1 fully saturated rings. The van der Waals surface area contributed by atoms with Crippen LogP contribution in [0.3, 0.4) is 0 Å². The molecule has 0 spiro atoms. The van der Waals surface area contributed by atoms with Crippen molar-refractivity contribution in [2.45, 2.75) is 58.4 Å². The van der Waals surface area contributed by atoms with Crippen LogP contribution in [-0.2, 0) is 9.59 Å². The second-order valence-electron chi connectivity index (χ2n) is 5.59.